The van der Waals surface area contributed by atoms with E-state index in [4.69, 9.17) is 21.1 Å². The Morgan fingerprint density at radius 1 is 1.47 bits per heavy atom. The van der Waals surface area contributed by atoms with Crippen LogP contribution in [0.4, 0.5) is 0 Å². The highest BCUT2D eigenvalue weighted by Crippen LogP contribution is 2.28. The van der Waals surface area contributed by atoms with Crippen molar-refractivity contribution >= 4 is 33.5 Å². The molecule has 0 saturated carbocycles. The summed E-state index contributed by atoms with van der Waals surface area (Å²) in [6, 6.07) is 5.19. The summed E-state index contributed by atoms with van der Waals surface area (Å²) < 4.78 is 6.11. The maximum atomic E-state index is 11.1. The number of halogens is 2. The number of hydrogen-bond acceptors (Lipinski definition) is 3. The van der Waals surface area contributed by atoms with Crippen LogP contribution < -0.4 is 0 Å². The van der Waals surface area contributed by atoms with Crippen LogP contribution in [0.1, 0.15) is 29.6 Å². The first kappa shape index (κ1) is 14.1. The van der Waals surface area contributed by atoms with Crippen LogP contribution in [-0.2, 0) is 6.42 Å². The summed E-state index contributed by atoms with van der Waals surface area (Å²) in [7, 11) is 0. The lowest BCUT2D eigenvalue weighted by atomic mass is 10.2. The van der Waals surface area contributed by atoms with Crippen LogP contribution in [0.3, 0.4) is 0 Å². The molecule has 0 atom stereocenters. The van der Waals surface area contributed by atoms with Gasteiger partial charge in [0.25, 0.3) is 0 Å². The zero-order valence-electron chi connectivity index (χ0n) is 10.1. The number of carbonyl (C=O) groups is 1. The van der Waals surface area contributed by atoms with E-state index in [-0.39, 0.29) is 11.7 Å². The molecule has 1 aromatic heterocycles. The Balaban J connectivity index is 2.50. The van der Waals surface area contributed by atoms with Crippen LogP contribution in [0.5, 0.6) is 0 Å². The number of carboxylic acids is 1. The predicted octanol–water partition coefficient (Wildman–Crippen LogP) is 4.41. The van der Waals surface area contributed by atoms with Crippen molar-refractivity contribution in [3.05, 3.63) is 39.1 Å². The van der Waals surface area contributed by atoms with Gasteiger partial charge in [0.15, 0.2) is 0 Å². The maximum Gasteiger partial charge on any atom is 0.373 e. The highest BCUT2D eigenvalue weighted by molar-refractivity contribution is 9.10. The standard InChI is InChI=1S/C13H11BrClNO3/c1-2-3-10-11(13(17)18)19-12(16-10)7-4-8(14)6-9(15)5-7/h4-6H,2-3H2,1H3,(H,17,18). The van der Waals surface area contributed by atoms with Crippen molar-refractivity contribution in [2.24, 2.45) is 0 Å². The van der Waals surface area contributed by atoms with Crippen molar-refractivity contribution in [3.8, 4) is 11.5 Å². The molecule has 1 N–H and O–H groups in total. The molecular weight excluding hydrogens is 334 g/mol. The molecule has 0 aliphatic rings. The lowest BCUT2D eigenvalue weighted by molar-refractivity contribution is 0.0661. The summed E-state index contributed by atoms with van der Waals surface area (Å²) in [5.41, 5.74) is 1.10. The SMILES string of the molecule is CCCc1nc(-c2cc(Cl)cc(Br)c2)oc1C(=O)O. The average Bonchev–Trinajstić information content (AvgIpc) is 2.72. The van der Waals surface area contributed by atoms with Crippen molar-refractivity contribution in [2.45, 2.75) is 19.8 Å². The number of carboxylic acid groups (broad SMARTS) is 1. The van der Waals surface area contributed by atoms with Crippen molar-refractivity contribution in [1.29, 1.82) is 0 Å². The number of aromatic carboxylic acids is 1. The first-order chi connectivity index (χ1) is 9.01. The summed E-state index contributed by atoms with van der Waals surface area (Å²) in [6.07, 6.45) is 1.36. The summed E-state index contributed by atoms with van der Waals surface area (Å²) in [4.78, 5) is 15.4. The van der Waals surface area contributed by atoms with Gasteiger partial charge in [-0.25, -0.2) is 9.78 Å². The minimum atomic E-state index is -1.11. The van der Waals surface area contributed by atoms with Gasteiger partial charge in [0.2, 0.25) is 11.7 Å². The zero-order valence-corrected chi connectivity index (χ0v) is 12.5. The van der Waals surface area contributed by atoms with Gasteiger partial charge in [-0.05, 0) is 24.6 Å². The van der Waals surface area contributed by atoms with E-state index in [0.29, 0.717) is 22.7 Å². The number of hydrogen-bond donors (Lipinski definition) is 1. The predicted molar refractivity (Wildman–Crippen MR) is 75.6 cm³/mol. The van der Waals surface area contributed by atoms with E-state index in [1.165, 1.54) is 0 Å². The van der Waals surface area contributed by atoms with Gasteiger partial charge < -0.3 is 9.52 Å². The highest BCUT2D eigenvalue weighted by atomic mass is 79.9. The number of benzene rings is 1. The minimum absolute atomic E-state index is 0.104. The molecule has 0 spiro atoms. The molecule has 0 saturated heterocycles. The first-order valence-electron chi connectivity index (χ1n) is 5.70. The molecule has 0 bridgehead atoms. The summed E-state index contributed by atoms with van der Waals surface area (Å²) in [6.45, 7) is 1.95. The molecule has 0 fully saturated rings. The number of aromatic nitrogens is 1. The van der Waals surface area contributed by atoms with Crippen LogP contribution >= 0.6 is 27.5 Å². The van der Waals surface area contributed by atoms with Crippen LogP contribution in [-0.4, -0.2) is 16.1 Å². The summed E-state index contributed by atoms with van der Waals surface area (Å²) in [5, 5.41) is 9.62. The average molecular weight is 345 g/mol. The van der Waals surface area contributed by atoms with Crippen LogP contribution in [0.15, 0.2) is 27.1 Å². The Morgan fingerprint density at radius 3 is 2.79 bits per heavy atom. The third kappa shape index (κ3) is 3.16. The molecule has 0 unspecified atom stereocenters. The van der Waals surface area contributed by atoms with E-state index in [1.54, 1.807) is 18.2 Å². The van der Waals surface area contributed by atoms with Crippen LogP contribution in [0.2, 0.25) is 5.02 Å². The fourth-order valence-electron chi connectivity index (χ4n) is 1.73. The molecule has 19 heavy (non-hydrogen) atoms. The first-order valence-corrected chi connectivity index (χ1v) is 6.87. The quantitative estimate of drug-likeness (QED) is 0.892. The largest absolute Gasteiger partial charge is 0.475 e. The van der Waals surface area contributed by atoms with Gasteiger partial charge in [-0.3, -0.25) is 0 Å². The highest BCUT2D eigenvalue weighted by Gasteiger charge is 2.20. The van der Waals surface area contributed by atoms with Crippen molar-refractivity contribution in [1.82, 2.24) is 4.98 Å². The molecule has 100 valence electrons. The number of nitrogens with zero attached hydrogens (tertiary/aromatic N) is 1. The van der Waals surface area contributed by atoms with E-state index in [2.05, 4.69) is 20.9 Å². The molecule has 6 heteroatoms. The Hall–Kier alpha value is -1.33. The third-order valence-electron chi connectivity index (χ3n) is 2.49. The molecule has 2 rings (SSSR count). The van der Waals surface area contributed by atoms with E-state index in [1.807, 2.05) is 6.92 Å². The van der Waals surface area contributed by atoms with Gasteiger partial charge in [0.1, 0.15) is 0 Å². The van der Waals surface area contributed by atoms with Gasteiger partial charge in [0.05, 0.1) is 5.69 Å². The smallest absolute Gasteiger partial charge is 0.373 e. The Labute approximate surface area is 123 Å². The van der Waals surface area contributed by atoms with Crippen LogP contribution in [0, 0.1) is 0 Å². The minimum Gasteiger partial charge on any atom is -0.475 e. The fraction of sp³-hybridized carbons (Fsp3) is 0.231. The molecule has 2 aromatic rings. The fourth-order valence-corrected chi connectivity index (χ4v) is 2.59. The second-order valence-corrected chi connectivity index (χ2v) is 5.36. The molecular formula is C13H11BrClNO3. The van der Waals surface area contributed by atoms with Gasteiger partial charge >= 0.3 is 5.97 Å². The lowest BCUT2D eigenvalue weighted by Gasteiger charge is -1.98. The van der Waals surface area contributed by atoms with E-state index < -0.39 is 5.97 Å². The zero-order chi connectivity index (χ0) is 14.0. The number of rotatable bonds is 4. The Bertz CT molecular complexity index is 604. The molecule has 0 aliphatic heterocycles. The van der Waals surface area contributed by atoms with Gasteiger partial charge in [0, 0.05) is 15.1 Å². The summed E-state index contributed by atoms with van der Waals surface area (Å²) >= 11 is 9.28. The van der Waals surface area contributed by atoms with E-state index in [9.17, 15) is 4.79 Å². The van der Waals surface area contributed by atoms with Gasteiger partial charge in [-0.2, -0.15) is 0 Å². The lowest BCUT2D eigenvalue weighted by Crippen LogP contribution is -1.99. The van der Waals surface area contributed by atoms with Crippen molar-refractivity contribution in [2.75, 3.05) is 0 Å². The second-order valence-electron chi connectivity index (χ2n) is 4.01. The third-order valence-corrected chi connectivity index (χ3v) is 3.16. The monoisotopic (exact) mass is 343 g/mol. The van der Waals surface area contributed by atoms with E-state index in [0.717, 1.165) is 10.9 Å². The van der Waals surface area contributed by atoms with Gasteiger partial charge in [-0.15, -0.1) is 0 Å². The Kier molecular flexibility index (Phi) is 4.27. The molecule has 0 amide bonds. The van der Waals surface area contributed by atoms with Crippen molar-refractivity contribution < 1.29 is 14.3 Å². The normalized spacial score (nSPS) is 10.7. The molecule has 1 aromatic carbocycles. The molecule has 4 nitrogen and oxygen atoms in total. The van der Waals surface area contributed by atoms with E-state index >= 15 is 0 Å². The Morgan fingerprint density at radius 2 is 2.21 bits per heavy atom. The van der Waals surface area contributed by atoms with Crippen LogP contribution in [0.25, 0.3) is 11.5 Å². The number of aryl methyl sites for hydroxylation is 1. The van der Waals surface area contributed by atoms with Crippen molar-refractivity contribution in [3.63, 3.8) is 0 Å². The maximum absolute atomic E-state index is 11.1. The molecule has 0 radical (unpaired) electrons. The second kappa shape index (κ2) is 5.75. The number of oxazole rings is 1. The molecule has 0 aliphatic carbocycles. The summed E-state index contributed by atoms with van der Waals surface area (Å²) in [5.74, 6) is -0.944. The van der Waals surface area contributed by atoms with Gasteiger partial charge in [-0.1, -0.05) is 40.9 Å². The molecule has 1 heterocycles. The topological polar surface area (TPSA) is 63.3 Å².